The molecule has 3 aliphatic rings. The largest absolute Gasteiger partial charge is 0.444 e. The van der Waals surface area contributed by atoms with Crippen molar-refractivity contribution in [3.8, 4) is 0 Å². The summed E-state index contributed by atoms with van der Waals surface area (Å²) in [6, 6.07) is 0. The van der Waals surface area contributed by atoms with Gasteiger partial charge < -0.3 is 53.5 Å². The van der Waals surface area contributed by atoms with Gasteiger partial charge in [0.1, 0.15) is 22.4 Å². The van der Waals surface area contributed by atoms with E-state index >= 15 is 0 Å². The second-order valence-electron chi connectivity index (χ2n) is 12.9. The molecular weight excluding hydrogens is 576 g/mol. The molecule has 3 heterocycles. The Labute approximate surface area is 266 Å². The molecule has 3 N–H and O–H groups in total. The number of nitrogens with zero attached hydrogens (tertiary/aromatic N) is 2. The minimum Gasteiger partial charge on any atom is -0.444 e. The second kappa shape index (κ2) is 21.1. The molecule has 0 saturated carbocycles. The number of aliphatic hydroxyl groups excluding tert-OH is 1. The average Bonchev–Trinajstić information content (AvgIpc) is 3.31. The Bertz CT molecular complexity index is 776. The summed E-state index contributed by atoms with van der Waals surface area (Å²) < 4.78 is 31.1. The Balaban J connectivity index is 0. The fourth-order valence-electron chi connectivity index (χ4n) is 4.11. The van der Waals surface area contributed by atoms with Gasteiger partial charge in [-0.05, 0) is 54.4 Å². The highest BCUT2D eigenvalue weighted by atomic mass is 16.6. The Kier molecular flexibility index (Phi) is 21.3. The molecule has 2 amide bonds. The molecule has 13 nitrogen and oxygen atoms in total. The van der Waals surface area contributed by atoms with Crippen LogP contribution < -0.4 is 0 Å². The highest BCUT2D eigenvalue weighted by Gasteiger charge is 2.36. The quantitative estimate of drug-likeness (QED) is 0.404. The number of ether oxygens (including phenoxy) is 6. The lowest BCUT2D eigenvalue weighted by atomic mass is 10.0. The zero-order valence-electron chi connectivity index (χ0n) is 26.8. The SMILES string of the molecule is C.C.C1CCOC1.CC(C)(C)OC(=O)N1CCOCC(O)(CCO)C1.COCCC1(O)COCCN(C(=O)OC(C)(C)C)C1. The molecule has 0 radical (unpaired) electrons. The van der Waals surface area contributed by atoms with Crippen LogP contribution in [0.2, 0.25) is 0 Å². The summed E-state index contributed by atoms with van der Waals surface area (Å²) in [6.07, 6.45) is 2.26. The van der Waals surface area contributed by atoms with Crippen LogP contribution in [0.3, 0.4) is 0 Å². The van der Waals surface area contributed by atoms with Gasteiger partial charge in [-0.25, -0.2) is 9.59 Å². The fraction of sp³-hybridized carbons (Fsp3) is 0.935. The maximum Gasteiger partial charge on any atom is 0.410 e. The molecule has 0 spiro atoms. The van der Waals surface area contributed by atoms with Crippen molar-refractivity contribution in [2.75, 3.05) is 86.1 Å². The van der Waals surface area contributed by atoms with Gasteiger partial charge in [0.15, 0.2) is 0 Å². The third kappa shape index (κ3) is 19.6. The highest BCUT2D eigenvalue weighted by Crippen LogP contribution is 2.20. The van der Waals surface area contributed by atoms with E-state index in [1.807, 2.05) is 20.8 Å². The summed E-state index contributed by atoms with van der Waals surface area (Å²) in [7, 11) is 1.58. The Hall–Kier alpha value is -1.74. The standard InChI is InChI=1S/C13H25NO5.C12H23NO5.C4H8O.2CH4/c1-12(2,3)19-11(15)14-6-8-18-10-13(16,9-14)5-7-17-4;1-11(2,3)18-10(15)13-5-7-17-9-12(16,8-13)4-6-14;1-2-4-5-3-1;;/h16H,5-10H2,1-4H3;14,16H,4-9H2,1-3H3;1-4H2;2*1H4. The molecule has 3 rings (SSSR count). The fourth-order valence-corrected chi connectivity index (χ4v) is 4.11. The third-order valence-electron chi connectivity index (χ3n) is 6.20. The lowest BCUT2D eigenvalue weighted by molar-refractivity contribution is -0.0560. The summed E-state index contributed by atoms with van der Waals surface area (Å²) in [6.45, 7) is 15.3. The van der Waals surface area contributed by atoms with Crippen LogP contribution in [0, 0.1) is 0 Å². The summed E-state index contributed by atoms with van der Waals surface area (Å²) in [5.74, 6) is 0. The van der Waals surface area contributed by atoms with Crippen LogP contribution in [0.4, 0.5) is 9.59 Å². The first-order valence-electron chi connectivity index (χ1n) is 14.8. The van der Waals surface area contributed by atoms with E-state index in [1.165, 1.54) is 22.6 Å². The Morgan fingerprint density at radius 1 is 0.727 bits per heavy atom. The zero-order valence-corrected chi connectivity index (χ0v) is 26.8. The first-order chi connectivity index (χ1) is 19.5. The smallest absolute Gasteiger partial charge is 0.410 e. The number of carbonyl (C=O) groups is 2. The van der Waals surface area contributed by atoms with Crippen LogP contribution in [0.25, 0.3) is 0 Å². The van der Waals surface area contributed by atoms with Crippen molar-refractivity contribution in [2.24, 2.45) is 0 Å². The molecule has 264 valence electrons. The number of hydrogen-bond acceptors (Lipinski definition) is 11. The molecule has 13 heteroatoms. The molecule has 3 aliphatic heterocycles. The van der Waals surface area contributed by atoms with Gasteiger partial charge in [0, 0.05) is 59.5 Å². The number of carbonyl (C=O) groups excluding carboxylic acids is 2. The molecule has 0 aromatic heterocycles. The first-order valence-corrected chi connectivity index (χ1v) is 14.8. The maximum absolute atomic E-state index is 12.0. The lowest BCUT2D eigenvalue weighted by Gasteiger charge is -2.32. The predicted molar refractivity (Wildman–Crippen MR) is 169 cm³/mol. The molecular formula is C31H64N2O11. The number of methoxy groups -OCH3 is 1. The van der Waals surface area contributed by atoms with Gasteiger partial charge in [0.25, 0.3) is 0 Å². The number of rotatable bonds is 5. The molecule has 3 saturated heterocycles. The predicted octanol–water partition coefficient (Wildman–Crippen LogP) is 3.46. The summed E-state index contributed by atoms with van der Waals surface area (Å²) >= 11 is 0. The van der Waals surface area contributed by atoms with Gasteiger partial charge in [0.2, 0.25) is 0 Å². The van der Waals surface area contributed by atoms with E-state index in [1.54, 1.807) is 27.9 Å². The Morgan fingerprint density at radius 2 is 1.14 bits per heavy atom. The van der Waals surface area contributed by atoms with E-state index in [0.29, 0.717) is 39.3 Å². The highest BCUT2D eigenvalue weighted by molar-refractivity contribution is 5.68. The number of hydrogen-bond donors (Lipinski definition) is 3. The van der Waals surface area contributed by atoms with E-state index in [4.69, 9.17) is 33.5 Å². The van der Waals surface area contributed by atoms with Crippen molar-refractivity contribution >= 4 is 12.2 Å². The second-order valence-corrected chi connectivity index (χ2v) is 12.9. The molecule has 0 bridgehead atoms. The Morgan fingerprint density at radius 3 is 1.45 bits per heavy atom. The minimum atomic E-state index is -1.21. The molecule has 3 fully saturated rings. The molecule has 44 heavy (non-hydrogen) atoms. The van der Waals surface area contributed by atoms with E-state index < -0.39 is 34.6 Å². The minimum absolute atomic E-state index is 0. The van der Waals surface area contributed by atoms with E-state index in [0.717, 1.165) is 13.2 Å². The van der Waals surface area contributed by atoms with E-state index in [9.17, 15) is 19.8 Å². The summed E-state index contributed by atoms with van der Waals surface area (Å²) in [4.78, 5) is 26.9. The van der Waals surface area contributed by atoms with E-state index in [2.05, 4.69) is 0 Å². The number of aliphatic hydroxyl groups is 3. The number of β-amino-alcohol motifs (C(OH)–C–C–N with tert-alkyl or cyclic N) is 2. The van der Waals surface area contributed by atoms with E-state index in [-0.39, 0.29) is 54.2 Å². The van der Waals surface area contributed by atoms with Gasteiger partial charge in [-0.2, -0.15) is 0 Å². The van der Waals surface area contributed by atoms with Crippen LogP contribution in [-0.2, 0) is 28.4 Å². The van der Waals surface area contributed by atoms with Crippen LogP contribution in [0.5, 0.6) is 0 Å². The van der Waals surface area contributed by atoms with Crippen molar-refractivity contribution < 1.29 is 53.3 Å². The summed E-state index contributed by atoms with van der Waals surface area (Å²) in [5.41, 5.74) is -3.40. The van der Waals surface area contributed by atoms with Crippen molar-refractivity contribution in [3.63, 3.8) is 0 Å². The summed E-state index contributed by atoms with van der Waals surface area (Å²) in [5, 5.41) is 29.6. The third-order valence-corrected chi connectivity index (χ3v) is 6.20. The topological polar surface area (TPSA) is 157 Å². The normalized spacial score (nSPS) is 24.0. The molecule has 2 unspecified atom stereocenters. The van der Waals surface area contributed by atoms with Gasteiger partial charge in [-0.1, -0.05) is 14.9 Å². The van der Waals surface area contributed by atoms with Crippen molar-refractivity contribution in [3.05, 3.63) is 0 Å². The first kappa shape index (κ1) is 44.4. The maximum atomic E-state index is 12.0. The van der Waals surface area contributed by atoms with Gasteiger partial charge in [-0.15, -0.1) is 0 Å². The monoisotopic (exact) mass is 640 g/mol. The molecule has 0 aromatic carbocycles. The number of amides is 2. The van der Waals surface area contributed by atoms with Crippen LogP contribution >= 0.6 is 0 Å². The van der Waals surface area contributed by atoms with Crippen LogP contribution in [-0.4, -0.2) is 146 Å². The van der Waals surface area contributed by atoms with Crippen molar-refractivity contribution in [2.45, 2.75) is 104 Å². The average molecular weight is 641 g/mol. The van der Waals surface area contributed by atoms with Crippen LogP contribution in [0.1, 0.15) is 82.1 Å². The van der Waals surface area contributed by atoms with Gasteiger partial charge in [0.05, 0.1) is 39.5 Å². The van der Waals surface area contributed by atoms with Gasteiger partial charge >= 0.3 is 12.2 Å². The molecule has 0 aliphatic carbocycles. The van der Waals surface area contributed by atoms with Crippen molar-refractivity contribution in [1.29, 1.82) is 0 Å². The van der Waals surface area contributed by atoms with Crippen LogP contribution in [0.15, 0.2) is 0 Å². The zero-order chi connectivity index (χ0) is 31.9. The van der Waals surface area contributed by atoms with Gasteiger partial charge in [-0.3, -0.25) is 0 Å². The lowest BCUT2D eigenvalue weighted by Crippen LogP contribution is -2.48. The molecule has 0 aromatic rings. The van der Waals surface area contributed by atoms with Crippen molar-refractivity contribution in [1.82, 2.24) is 9.80 Å². The molecule has 2 atom stereocenters.